The Morgan fingerprint density at radius 1 is 1.04 bits per heavy atom. The maximum absolute atomic E-state index is 12.2. The Morgan fingerprint density at radius 2 is 1.68 bits per heavy atom. The second-order valence-corrected chi connectivity index (χ2v) is 8.05. The van der Waals surface area contributed by atoms with E-state index in [1.807, 2.05) is 48.5 Å². The molecule has 4 nitrogen and oxygen atoms in total. The number of hydrogen-bond acceptors (Lipinski definition) is 3. The summed E-state index contributed by atoms with van der Waals surface area (Å²) in [6.07, 6.45) is 1.68. The average molecular weight is 404 g/mol. The van der Waals surface area contributed by atoms with Crippen molar-refractivity contribution in [3.8, 4) is 0 Å². The van der Waals surface area contributed by atoms with Crippen LogP contribution in [0.25, 0.3) is 0 Å². The van der Waals surface area contributed by atoms with Crippen LogP contribution >= 0.6 is 0 Å². The van der Waals surface area contributed by atoms with Crippen LogP contribution in [-0.2, 0) is 20.7 Å². The van der Waals surface area contributed by atoms with Gasteiger partial charge in [-0.3, -0.25) is 0 Å². The fourth-order valence-corrected chi connectivity index (χ4v) is 4.22. The zero-order valence-electron chi connectivity index (χ0n) is 14.3. The number of nitrogens with one attached hydrogen (secondary N) is 1. The predicted octanol–water partition coefficient (Wildman–Crippen LogP) is 2.12. The number of hydrogen-bond donors (Lipinski definition) is 1. The number of rotatable bonds is 9. The molecular weight excluding hydrogens is 381 g/mol. The SMILES string of the molecule is COC(=O)[C@H](Cc1ccccc1)NC(=O)CCC[Se]c1ccccc1. The average Bonchev–Trinajstić information content (AvgIpc) is 2.66. The molecule has 0 aromatic heterocycles. The van der Waals surface area contributed by atoms with Crippen molar-refractivity contribution in [2.75, 3.05) is 7.11 Å². The molecule has 2 rings (SSSR count). The fourth-order valence-electron chi connectivity index (χ4n) is 2.39. The van der Waals surface area contributed by atoms with E-state index in [-0.39, 0.29) is 5.91 Å². The van der Waals surface area contributed by atoms with Crippen molar-refractivity contribution >= 4 is 31.3 Å². The van der Waals surface area contributed by atoms with Gasteiger partial charge in [-0.05, 0) is 0 Å². The van der Waals surface area contributed by atoms with E-state index in [9.17, 15) is 9.59 Å². The summed E-state index contributed by atoms with van der Waals surface area (Å²) in [6, 6.07) is 19.3. The van der Waals surface area contributed by atoms with Crippen molar-refractivity contribution in [3.63, 3.8) is 0 Å². The van der Waals surface area contributed by atoms with E-state index >= 15 is 0 Å². The van der Waals surface area contributed by atoms with Crippen LogP contribution in [0.15, 0.2) is 60.7 Å². The summed E-state index contributed by atoms with van der Waals surface area (Å²) in [5.41, 5.74) is 0.991. The number of esters is 1. The van der Waals surface area contributed by atoms with Gasteiger partial charge < -0.3 is 0 Å². The van der Waals surface area contributed by atoms with Gasteiger partial charge in [0.2, 0.25) is 0 Å². The Bertz CT molecular complexity index is 661. The van der Waals surface area contributed by atoms with Gasteiger partial charge in [-0.1, -0.05) is 0 Å². The molecule has 25 heavy (non-hydrogen) atoms. The molecule has 0 saturated heterocycles. The molecule has 0 aliphatic carbocycles. The number of amides is 1. The van der Waals surface area contributed by atoms with Crippen molar-refractivity contribution in [1.29, 1.82) is 0 Å². The van der Waals surface area contributed by atoms with E-state index in [1.54, 1.807) is 0 Å². The number of ether oxygens (including phenoxy) is 1. The zero-order valence-corrected chi connectivity index (χ0v) is 16.0. The molecule has 0 radical (unpaired) electrons. The molecule has 132 valence electrons. The third-order valence-corrected chi connectivity index (χ3v) is 5.97. The van der Waals surface area contributed by atoms with Gasteiger partial charge in [0.05, 0.1) is 0 Å². The molecule has 0 heterocycles. The molecule has 1 atom stereocenters. The molecular formula is C20H23NO3Se. The third kappa shape index (κ3) is 7.12. The van der Waals surface area contributed by atoms with Gasteiger partial charge in [0.25, 0.3) is 0 Å². The van der Waals surface area contributed by atoms with E-state index in [1.165, 1.54) is 11.6 Å². The third-order valence-electron chi connectivity index (χ3n) is 3.66. The number of benzene rings is 2. The van der Waals surface area contributed by atoms with Crippen molar-refractivity contribution in [2.24, 2.45) is 0 Å². The van der Waals surface area contributed by atoms with E-state index in [4.69, 9.17) is 4.74 Å². The van der Waals surface area contributed by atoms with Gasteiger partial charge in [0.1, 0.15) is 0 Å². The fraction of sp³-hybridized carbons (Fsp3) is 0.300. The normalized spacial score (nSPS) is 11.6. The Balaban J connectivity index is 1.77. The minimum absolute atomic E-state index is 0.102. The Hall–Kier alpha value is -2.10. The molecule has 0 bridgehead atoms. The number of carbonyl (C=O) groups excluding carboxylic acids is 2. The Kier molecular flexibility index (Phi) is 8.23. The molecule has 0 saturated carbocycles. The van der Waals surface area contributed by atoms with Gasteiger partial charge in [-0.2, -0.15) is 0 Å². The van der Waals surface area contributed by atoms with Gasteiger partial charge in [0.15, 0.2) is 0 Å². The van der Waals surface area contributed by atoms with Crippen molar-refractivity contribution in [3.05, 3.63) is 66.2 Å². The Morgan fingerprint density at radius 3 is 2.32 bits per heavy atom. The van der Waals surface area contributed by atoms with Gasteiger partial charge in [-0.25, -0.2) is 0 Å². The molecule has 2 aromatic carbocycles. The van der Waals surface area contributed by atoms with Gasteiger partial charge >= 0.3 is 155 Å². The van der Waals surface area contributed by atoms with Crippen LogP contribution < -0.4 is 9.78 Å². The summed E-state index contributed by atoms with van der Waals surface area (Å²) in [5.74, 6) is -0.513. The molecule has 0 aliphatic rings. The first-order valence-electron chi connectivity index (χ1n) is 8.28. The first-order chi connectivity index (χ1) is 12.2. The summed E-state index contributed by atoms with van der Waals surface area (Å²) in [6.45, 7) is 0. The first-order valence-corrected chi connectivity index (χ1v) is 10.3. The quantitative estimate of drug-likeness (QED) is 0.396. The van der Waals surface area contributed by atoms with Crippen molar-refractivity contribution in [2.45, 2.75) is 30.6 Å². The molecule has 0 aliphatic heterocycles. The molecule has 1 amide bonds. The summed E-state index contributed by atoms with van der Waals surface area (Å²) in [7, 11) is 1.34. The molecule has 0 unspecified atom stereocenters. The molecule has 5 heteroatoms. The monoisotopic (exact) mass is 405 g/mol. The predicted molar refractivity (Wildman–Crippen MR) is 100.0 cm³/mol. The van der Waals surface area contributed by atoms with Gasteiger partial charge in [0, 0.05) is 0 Å². The summed E-state index contributed by atoms with van der Waals surface area (Å²) < 4.78 is 6.16. The van der Waals surface area contributed by atoms with E-state index in [2.05, 4.69) is 17.4 Å². The van der Waals surface area contributed by atoms with Crippen LogP contribution in [0, 0.1) is 0 Å². The van der Waals surface area contributed by atoms with Crippen LogP contribution in [0.2, 0.25) is 5.32 Å². The van der Waals surface area contributed by atoms with E-state index in [0.717, 1.165) is 17.3 Å². The van der Waals surface area contributed by atoms with E-state index < -0.39 is 12.0 Å². The summed E-state index contributed by atoms with van der Waals surface area (Å²) in [5, 5.41) is 3.81. The summed E-state index contributed by atoms with van der Waals surface area (Å²) >= 11 is 0.382. The zero-order chi connectivity index (χ0) is 17.9. The molecule has 2 aromatic rings. The van der Waals surface area contributed by atoms with E-state index in [0.29, 0.717) is 27.8 Å². The number of carbonyl (C=O) groups is 2. The number of methoxy groups -OCH3 is 1. The maximum atomic E-state index is 12.2. The minimum atomic E-state index is -0.639. The second-order valence-electron chi connectivity index (χ2n) is 5.60. The van der Waals surface area contributed by atoms with Crippen molar-refractivity contribution < 1.29 is 14.3 Å². The molecule has 0 fully saturated rings. The molecule has 1 N–H and O–H groups in total. The molecule has 0 spiro atoms. The first kappa shape index (κ1) is 19.2. The van der Waals surface area contributed by atoms with Crippen LogP contribution in [0.1, 0.15) is 18.4 Å². The summed E-state index contributed by atoms with van der Waals surface area (Å²) in [4.78, 5) is 24.1. The topological polar surface area (TPSA) is 55.4 Å². The standard InChI is InChI=1S/C20H23NO3Se/c1-24-20(23)18(15-16-9-4-2-5-10-16)21-19(22)13-8-14-25-17-11-6-3-7-12-17/h2-7,9-12,18H,8,13-15H2,1H3,(H,21,22)/t18-/m0/s1. The van der Waals surface area contributed by atoms with Gasteiger partial charge in [-0.15, -0.1) is 0 Å². The second kappa shape index (κ2) is 10.7. The van der Waals surface area contributed by atoms with Crippen LogP contribution in [0.4, 0.5) is 0 Å². The van der Waals surface area contributed by atoms with Crippen LogP contribution in [0.5, 0.6) is 0 Å². The Labute approximate surface area is 155 Å². The van der Waals surface area contributed by atoms with Crippen LogP contribution in [-0.4, -0.2) is 40.0 Å². The van der Waals surface area contributed by atoms with Crippen LogP contribution in [0.3, 0.4) is 0 Å². The van der Waals surface area contributed by atoms with Crippen molar-refractivity contribution in [1.82, 2.24) is 5.32 Å².